The van der Waals surface area contributed by atoms with Gasteiger partial charge < -0.3 is 9.88 Å². The molecule has 1 amide bonds. The molecule has 3 aromatic rings. The topological polar surface area (TPSA) is 46.9 Å². The molecule has 1 atom stereocenters. The van der Waals surface area contributed by atoms with Crippen LogP contribution in [0.1, 0.15) is 28.5 Å². The van der Waals surface area contributed by atoms with Crippen molar-refractivity contribution < 1.29 is 18.0 Å². The number of alkyl halides is 3. The number of hydrogen-bond acceptors (Lipinski definition) is 2. The molecule has 0 saturated carbocycles. The van der Waals surface area contributed by atoms with Crippen LogP contribution in [-0.2, 0) is 12.7 Å². The molecule has 0 unspecified atom stereocenters. The largest absolute Gasteiger partial charge is 0.431 e. The average Bonchev–Trinajstić information content (AvgIpc) is 2.94. The summed E-state index contributed by atoms with van der Waals surface area (Å²) in [5.41, 5.74) is 0.960. The van der Waals surface area contributed by atoms with Crippen molar-refractivity contribution in [3.05, 3.63) is 65.5 Å². The van der Waals surface area contributed by atoms with Crippen LogP contribution in [0.2, 0.25) is 0 Å². The summed E-state index contributed by atoms with van der Waals surface area (Å²) in [7, 11) is 0. The van der Waals surface area contributed by atoms with Gasteiger partial charge in [-0.2, -0.15) is 13.2 Å². The molecule has 2 aromatic heterocycles. The first-order valence-electron chi connectivity index (χ1n) is 8.14. The first-order valence-corrected chi connectivity index (χ1v) is 8.14. The van der Waals surface area contributed by atoms with Crippen LogP contribution in [-0.4, -0.2) is 21.5 Å². The van der Waals surface area contributed by atoms with E-state index in [9.17, 15) is 18.0 Å². The molecule has 0 spiro atoms. The van der Waals surface area contributed by atoms with Crippen LogP contribution in [0.5, 0.6) is 0 Å². The van der Waals surface area contributed by atoms with E-state index in [0.29, 0.717) is 10.9 Å². The maximum atomic E-state index is 13.4. The molecule has 7 heteroatoms. The second-order valence-electron chi connectivity index (χ2n) is 6.29. The summed E-state index contributed by atoms with van der Waals surface area (Å²) in [5.74, 6) is -0.324. The van der Waals surface area contributed by atoms with Gasteiger partial charge in [-0.3, -0.25) is 4.79 Å². The van der Waals surface area contributed by atoms with Crippen LogP contribution in [0.3, 0.4) is 0 Å². The Balaban J connectivity index is 1.83. The van der Waals surface area contributed by atoms with Crippen LogP contribution in [0.25, 0.3) is 11.0 Å². The number of carbonyl (C=O) groups is 1. The number of amides is 1. The molecule has 0 aliphatic rings. The number of aromatic nitrogens is 2. The number of aryl methyl sites for hydroxylation is 1. The van der Waals surface area contributed by atoms with Gasteiger partial charge in [-0.15, -0.1) is 0 Å². The van der Waals surface area contributed by atoms with E-state index in [2.05, 4.69) is 10.3 Å². The summed E-state index contributed by atoms with van der Waals surface area (Å²) < 4.78 is 41.2. The maximum Gasteiger partial charge on any atom is 0.431 e. The molecule has 0 aliphatic heterocycles. The molecule has 0 fully saturated rings. The monoisotopic (exact) mass is 361 g/mol. The predicted molar refractivity (Wildman–Crippen MR) is 92.8 cm³/mol. The van der Waals surface area contributed by atoms with Gasteiger partial charge >= 0.3 is 6.18 Å². The molecule has 1 N–H and O–H groups in total. The van der Waals surface area contributed by atoms with Crippen LogP contribution < -0.4 is 5.32 Å². The van der Waals surface area contributed by atoms with Crippen LogP contribution in [0.4, 0.5) is 13.2 Å². The Bertz CT molecular complexity index is 929. The second kappa shape index (κ2) is 6.82. The van der Waals surface area contributed by atoms with Gasteiger partial charge in [0.15, 0.2) is 0 Å². The van der Waals surface area contributed by atoms with Crippen LogP contribution >= 0.6 is 0 Å². The zero-order valence-electron chi connectivity index (χ0n) is 14.3. The summed E-state index contributed by atoms with van der Waals surface area (Å²) in [5, 5.41) is 3.16. The number of hydrogen-bond donors (Lipinski definition) is 1. The van der Waals surface area contributed by atoms with Crippen LogP contribution in [0, 0.1) is 6.92 Å². The number of rotatable bonds is 4. The molecule has 4 nitrogen and oxygen atoms in total. The van der Waals surface area contributed by atoms with Crippen molar-refractivity contribution in [2.24, 2.45) is 0 Å². The third kappa shape index (κ3) is 3.71. The molecule has 3 rings (SSSR count). The Kier molecular flexibility index (Phi) is 4.71. The highest BCUT2D eigenvalue weighted by atomic mass is 19.4. The molecule has 1 aromatic carbocycles. The van der Waals surface area contributed by atoms with E-state index in [-0.39, 0.29) is 18.1 Å². The number of pyridine rings is 1. The molecule has 136 valence electrons. The Hall–Kier alpha value is -2.83. The minimum atomic E-state index is -4.50. The third-order valence-corrected chi connectivity index (χ3v) is 4.09. The predicted octanol–water partition coefficient (Wildman–Crippen LogP) is 4.18. The number of carbonyl (C=O) groups excluding carboxylic acids is 1. The minimum Gasteiger partial charge on any atom is -0.348 e. The number of nitrogens with zero attached hydrogens (tertiary/aromatic N) is 2. The van der Waals surface area contributed by atoms with Gasteiger partial charge in [-0.05, 0) is 44.2 Å². The number of fused-ring (bicyclic) bond motifs is 1. The summed E-state index contributed by atoms with van der Waals surface area (Å²) in [6.07, 6.45) is -3.05. The van der Waals surface area contributed by atoms with Gasteiger partial charge in [0.25, 0.3) is 5.91 Å². The van der Waals surface area contributed by atoms with Crippen molar-refractivity contribution in [3.8, 4) is 0 Å². The molecule has 0 bridgehead atoms. The first kappa shape index (κ1) is 18.0. The molecule has 0 aliphatic carbocycles. The molecule has 0 radical (unpaired) electrons. The van der Waals surface area contributed by atoms with Gasteiger partial charge in [0, 0.05) is 29.7 Å². The highest BCUT2D eigenvalue weighted by Crippen LogP contribution is 2.33. The van der Waals surface area contributed by atoms with Crippen molar-refractivity contribution in [1.82, 2.24) is 14.9 Å². The Morgan fingerprint density at radius 3 is 2.58 bits per heavy atom. The lowest BCUT2D eigenvalue weighted by atomic mass is 10.1. The van der Waals surface area contributed by atoms with Crippen LogP contribution in [0.15, 0.2) is 48.7 Å². The zero-order valence-corrected chi connectivity index (χ0v) is 14.3. The molecule has 2 heterocycles. The number of halogens is 3. The van der Waals surface area contributed by atoms with E-state index in [1.165, 1.54) is 6.20 Å². The summed E-state index contributed by atoms with van der Waals surface area (Å²) in [6.45, 7) is 3.54. The minimum absolute atomic E-state index is 0.0348. The third-order valence-electron chi connectivity index (χ3n) is 4.09. The number of benzene rings is 1. The molecule has 0 saturated heterocycles. The van der Waals surface area contributed by atoms with E-state index < -0.39 is 17.9 Å². The highest BCUT2D eigenvalue weighted by Gasteiger charge is 2.36. The Labute approximate surface area is 148 Å². The van der Waals surface area contributed by atoms with Crippen molar-refractivity contribution in [3.63, 3.8) is 0 Å². The summed E-state index contributed by atoms with van der Waals surface area (Å²) in [4.78, 5) is 16.3. The lowest BCUT2D eigenvalue weighted by molar-refractivity contribution is -0.143. The first-order chi connectivity index (χ1) is 12.3. The van der Waals surface area contributed by atoms with Crippen molar-refractivity contribution in [2.75, 3.05) is 0 Å². The molecule has 26 heavy (non-hydrogen) atoms. The van der Waals surface area contributed by atoms with E-state index in [4.69, 9.17) is 0 Å². The summed E-state index contributed by atoms with van der Waals surface area (Å²) in [6, 6.07) is 10.7. The second-order valence-corrected chi connectivity index (χ2v) is 6.29. The van der Waals surface area contributed by atoms with Gasteiger partial charge in [0.05, 0.1) is 0 Å². The standard InChI is InChI=1S/C19H18F3N3O/c1-12-5-7-14(8-6-12)18(26)24-13(2)11-25-16(19(20,21)22)10-15-4-3-9-23-17(15)25/h3-10,13H,11H2,1-2H3,(H,24,26)/t13-/m1/s1. The fourth-order valence-corrected chi connectivity index (χ4v) is 2.84. The highest BCUT2D eigenvalue weighted by molar-refractivity contribution is 5.94. The lowest BCUT2D eigenvalue weighted by Crippen LogP contribution is -2.36. The Morgan fingerprint density at radius 2 is 1.92 bits per heavy atom. The maximum absolute atomic E-state index is 13.4. The Morgan fingerprint density at radius 1 is 1.23 bits per heavy atom. The lowest BCUT2D eigenvalue weighted by Gasteiger charge is -2.18. The van der Waals surface area contributed by atoms with Crippen molar-refractivity contribution >= 4 is 16.9 Å². The van der Waals surface area contributed by atoms with Gasteiger partial charge in [-0.1, -0.05) is 17.7 Å². The van der Waals surface area contributed by atoms with Crippen molar-refractivity contribution in [2.45, 2.75) is 32.6 Å². The smallest absolute Gasteiger partial charge is 0.348 e. The van der Waals surface area contributed by atoms with Gasteiger partial charge in [0.1, 0.15) is 11.3 Å². The fourth-order valence-electron chi connectivity index (χ4n) is 2.84. The average molecular weight is 361 g/mol. The van der Waals surface area contributed by atoms with E-state index in [1.54, 1.807) is 31.2 Å². The van der Waals surface area contributed by atoms with E-state index in [0.717, 1.165) is 16.2 Å². The normalized spacial score (nSPS) is 13.0. The quantitative estimate of drug-likeness (QED) is 0.758. The SMILES string of the molecule is Cc1ccc(C(=O)N[C@H](C)Cn2c(C(F)(F)F)cc3cccnc32)cc1. The summed E-state index contributed by atoms with van der Waals surface area (Å²) >= 11 is 0. The molecular weight excluding hydrogens is 343 g/mol. The zero-order chi connectivity index (χ0) is 18.9. The van der Waals surface area contributed by atoms with E-state index >= 15 is 0 Å². The van der Waals surface area contributed by atoms with Gasteiger partial charge in [-0.25, -0.2) is 4.98 Å². The van der Waals surface area contributed by atoms with Crippen molar-refractivity contribution in [1.29, 1.82) is 0 Å². The number of nitrogens with one attached hydrogen (secondary N) is 1. The fraction of sp³-hybridized carbons (Fsp3) is 0.263. The van der Waals surface area contributed by atoms with E-state index in [1.807, 2.05) is 19.1 Å². The molecular formula is C19H18F3N3O. The van der Waals surface area contributed by atoms with Gasteiger partial charge in [0.2, 0.25) is 0 Å².